The zero-order chi connectivity index (χ0) is 9.24. The largest absolute Gasteiger partial charge is 0.432 e. The van der Waals surface area contributed by atoms with E-state index in [2.05, 4.69) is 6.55 Å². The van der Waals surface area contributed by atoms with Gasteiger partial charge in [0.2, 0.25) is 0 Å². The van der Waals surface area contributed by atoms with Crippen LogP contribution < -0.4 is 0 Å². The van der Waals surface area contributed by atoms with Gasteiger partial charge >= 0.3 is 0 Å². The van der Waals surface area contributed by atoms with Gasteiger partial charge in [0.1, 0.15) is 0 Å². The van der Waals surface area contributed by atoms with Crippen LogP contribution >= 0.6 is 0 Å². The molecule has 0 aromatic heterocycles. The van der Waals surface area contributed by atoms with Crippen LogP contribution in [0.3, 0.4) is 0 Å². The minimum atomic E-state index is -1.88. The Labute approximate surface area is 77.2 Å². The van der Waals surface area contributed by atoms with Crippen molar-refractivity contribution in [2.24, 2.45) is 0 Å². The van der Waals surface area contributed by atoms with E-state index in [-0.39, 0.29) is 0 Å². The van der Waals surface area contributed by atoms with Gasteiger partial charge in [-0.3, -0.25) is 0 Å². The highest BCUT2D eigenvalue weighted by atomic mass is 28.4. The molecule has 1 rings (SSSR count). The second kappa shape index (κ2) is 3.61. The fourth-order valence-corrected chi connectivity index (χ4v) is 12.3. The second-order valence-electron chi connectivity index (χ2n) is 4.74. The molecule has 0 aromatic carbocycles. The minimum Gasteiger partial charge on any atom is -0.432 e. The Bertz CT molecular complexity index is 148. The molecule has 1 unspecified atom stereocenters. The summed E-state index contributed by atoms with van der Waals surface area (Å²) in [6.07, 6.45) is 2.53. The molecule has 1 saturated heterocycles. The Balaban J connectivity index is 2.47. The van der Waals surface area contributed by atoms with Crippen LogP contribution in [-0.2, 0) is 4.43 Å². The van der Waals surface area contributed by atoms with E-state index in [1.54, 1.807) is 0 Å². The third-order valence-corrected chi connectivity index (χ3v) is 11.1. The van der Waals surface area contributed by atoms with E-state index in [1.807, 2.05) is 13.1 Å². The van der Waals surface area contributed by atoms with Crippen molar-refractivity contribution in [3.8, 4) is 0 Å². The first-order chi connectivity index (χ1) is 5.41. The lowest BCUT2D eigenvalue weighted by Gasteiger charge is -2.34. The molecule has 1 atom stereocenters. The molecule has 1 aliphatic heterocycles. The molecule has 0 radical (unpaired) electrons. The van der Waals surface area contributed by atoms with Crippen molar-refractivity contribution in [3.05, 3.63) is 0 Å². The normalized spacial score (nSPS) is 32.0. The molecule has 0 saturated carbocycles. The fraction of sp³-hybridized carbons (Fsp3) is 1.00. The molecule has 1 heterocycles. The summed E-state index contributed by atoms with van der Waals surface area (Å²) in [5.41, 5.74) is 1.01. The third kappa shape index (κ3) is 3.39. The summed E-state index contributed by atoms with van der Waals surface area (Å²) in [5.74, 6) is 0. The van der Waals surface area contributed by atoms with Gasteiger partial charge in [-0.15, -0.1) is 0 Å². The van der Waals surface area contributed by atoms with E-state index in [9.17, 15) is 4.80 Å². The lowest BCUT2D eigenvalue weighted by atomic mass is 10.4. The van der Waals surface area contributed by atoms with Crippen LogP contribution in [0, 0.1) is 0 Å². The van der Waals surface area contributed by atoms with Gasteiger partial charge < -0.3 is 9.22 Å². The van der Waals surface area contributed by atoms with Crippen LogP contribution in [0.15, 0.2) is 0 Å². The zero-order valence-electron chi connectivity index (χ0n) is 8.39. The summed E-state index contributed by atoms with van der Waals surface area (Å²) < 4.78 is 5.86. The van der Waals surface area contributed by atoms with Crippen LogP contribution in [0.25, 0.3) is 0 Å². The summed E-state index contributed by atoms with van der Waals surface area (Å²) in [5, 5.41) is 0. The molecule has 2 nitrogen and oxygen atoms in total. The van der Waals surface area contributed by atoms with Crippen molar-refractivity contribution in [3.63, 3.8) is 0 Å². The van der Waals surface area contributed by atoms with Crippen LogP contribution in [-0.4, -0.2) is 28.0 Å². The van der Waals surface area contributed by atoms with E-state index in [0.717, 1.165) is 12.3 Å². The Kier molecular flexibility index (Phi) is 3.14. The van der Waals surface area contributed by atoms with Crippen molar-refractivity contribution >= 4 is 16.6 Å². The van der Waals surface area contributed by atoms with Crippen LogP contribution in [0.5, 0.6) is 0 Å². The van der Waals surface area contributed by atoms with Crippen LogP contribution in [0.2, 0.25) is 31.4 Å². The van der Waals surface area contributed by atoms with Crippen molar-refractivity contribution in [2.75, 3.05) is 6.61 Å². The maximum atomic E-state index is 9.83. The maximum Gasteiger partial charge on any atom is 0.189 e. The maximum absolute atomic E-state index is 9.83. The summed E-state index contributed by atoms with van der Waals surface area (Å²) in [6, 6.07) is 1.25. The van der Waals surface area contributed by atoms with Crippen molar-refractivity contribution in [1.82, 2.24) is 0 Å². The van der Waals surface area contributed by atoms with E-state index < -0.39 is 16.6 Å². The summed E-state index contributed by atoms with van der Waals surface area (Å²) in [7, 11) is -3.34. The molecule has 0 bridgehead atoms. The standard InChI is InChI=1S/C8H20O2Si2/c1-11(2,9)8-12(3)7-5-4-6-10-12/h9H,4-8H2,1-3H3. The highest BCUT2D eigenvalue weighted by molar-refractivity contribution is 6.89. The number of rotatable bonds is 2. The van der Waals surface area contributed by atoms with Gasteiger partial charge in [0.05, 0.1) is 0 Å². The quantitative estimate of drug-likeness (QED) is 0.698. The third-order valence-electron chi connectivity index (χ3n) is 2.36. The molecule has 1 N–H and O–H groups in total. The number of hydrogen-bond acceptors (Lipinski definition) is 2. The van der Waals surface area contributed by atoms with Crippen LogP contribution in [0.4, 0.5) is 0 Å². The molecule has 0 aliphatic carbocycles. The Hall–Kier alpha value is 0.354. The molecule has 0 amide bonds. The lowest BCUT2D eigenvalue weighted by Crippen LogP contribution is -2.46. The molecular weight excluding hydrogens is 184 g/mol. The van der Waals surface area contributed by atoms with Gasteiger partial charge in [-0.2, -0.15) is 0 Å². The summed E-state index contributed by atoms with van der Waals surface area (Å²) >= 11 is 0. The highest BCUT2D eigenvalue weighted by Crippen LogP contribution is 2.28. The molecule has 1 aliphatic rings. The summed E-state index contributed by atoms with van der Waals surface area (Å²) in [4.78, 5) is 9.83. The van der Waals surface area contributed by atoms with Gasteiger partial charge in [-0.05, 0) is 37.8 Å². The number of hydrogen-bond donors (Lipinski definition) is 1. The SMILES string of the molecule is C[Si](C)(O)C[Si]1(C)CCCCO1. The van der Waals surface area contributed by atoms with Crippen LogP contribution in [0.1, 0.15) is 12.8 Å². The molecular formula is C8H20O2Si2. The van der Waals surface area contributed by atoms with Gasteiger partial charge in [-0.25, -0.2) is 0 Å². The van der Waals surface area contributed by atoms with Gasteiger partial charge in [0, 0.05) is 6.61 Å². The summed E-state index contributed by atoms with van der Waals surface area (Å²) in [6.45, 7) is 7.25. The van der Waals surface area contributed by atoms with Gasteiger partial charge in [0.25, 0.3) is 0 Å². The molecule has 0 aromatic rings. The first-order valence-corrected chi connectivity index (χ1v) is 10.8. The van der Waals surface area contributed by atoms with Gasteiger partial charge in [0.15, 0.2) is 16.6 Å². The smallest absolute Gasteiger partial charge is 0.189 e. The molecule has 12 heavy (non-hydrogen) atoms. The Morgan fingerprint density at radius 3 is 2.50 bits per heavy atom. The Morgan fingerprint density at radius 2 is 2.08 bits per heavy atom. The predicted molar refractivity (Wildman–Crippen MR) is 56.1 cm³/mol. The van der Waals surface area contributed by atoms with E-state index in [1.165, 1.54) is 18.9 Å². The first-order valence-electron chi connectivity index (χ1n) is 4.78. The monoisotopic (exact) mass is 204 g/mol. The topological polar surface area (TPSA) is 29.5 Å². The first kappa shape index (κ1) is 10.4. The van der Waals surface area contributed by atoms with Crippen molar-refractivity contribution in [2.45, 2.75) is 44.2 Å². The molecule has 72 valence electrons. The Morgan fingerprint density at radius 1 is 1.42 bits per heavy atom. The highest BCUT2D eigenvalue weighted by Gasteiger charge is 2.37. The zero-order valence-corrected chi connectivity index (χ0v) is 10.4. The van der Waals surface area contributed by atoms with E-state index in [0.29, 0.717) is 0 Å². The minimum absolute atomic E-state index is 0.938. The molecule has 1 fully saturated rings. The average Bonchev–Trinajstić information content (AvgIpc) is 1.83. The molecule has 4 heteroatoms. The van der Waals surface area contributed by atoms with E-state index in [4.69, 9.17) is 4.43 Å². The lowest BCUT2D eigenvalue weighted by molar-refractivity contribution is 0.272. The predicted octanol–water partition coefficient (Wildman–Crippen LogP) is 2.11. The molecule has 0 spiro atoms. The van der Waals surface area contributed by atoms with Crippen molar-refractivity contribution in [1.29, 1.82) is 0 Å². The van der Waals surface area contributed by atoms with Crippen molar-refractivity contribution < 1.29 is 9.22 Å². The van der Waals surface area contributed by atoms with E-state index >= 15 is 0 Å². The van der Waals surface area contributed by atoms with Gasteiger partial charge in [-0.1, -0.05) is 6.42 Å². The fourth-order valence-electron chi connectivity index (χ4n) is 2.05. The second-order valence-corrected chi connectivity index (χ2v) is 13.5. The average molecular weight is 204 g/mol.